The van der Waals surface area contributed by atoms with Crippen LogP contribution in [0.25, 0.3) is 0 Å². The molecule has 1 rings (SSSR count). The predicted octanol–water partition coefficient (Wildman–Crippen LogP) is 3.01. The maximum Gasteiger partial charge on any atom is 0.416 e. The van der Waals surface area contributed by atoms with Gasteiger partial charge >= 0.3 is 6.18 Å². The molecule has 1 aromatic carbocycles. The van der Waals surface area contributed by atoms with Gasteiger partial charge < -0.3 is 14.8 Å². The molecule has 1 aromatic rings. The number of methoxy groups -OCH3 is 1. The zero-order valence-corrected chi connectivity index (χ0v) is 14.2. The van der Waals surface area contributed by atoms with E-state index < -0.39 is 17.6 Å². The van der Waals surface area contributed by atoms with E-state index >= 15 is 0 Å². The average molecular weight is 348 g/mol. The second-order valence-corrected chi connectivity index (χ2v) is 5.61. The lowest BCUT2D eigenvalue weighted by molar-refractivity contribution is -0.137. The third-order valence-electron chi connectivity index (χ3n) is 3.40. The van der Waals surface area contributed by atoms with E-state index in [-0.39, 0.29) is 37.2 Å². The lowest BCUT2D eigenvalue weighted by Crippen LogP contribution is -2.34. The number of halogens is 3. The van der Waals surface area contributed by atoms with Crippen molar-refractivity contribution in [3.8, 4) is 5.75 Å². The molecule has 0 saturated carbocycles. The van der Waals surface area contributed by atoms with Crippen molar-refractivity contribution in [2.24, 2.45) is 0 Å². The van der Waals surface area contributed by atoms with Crippen LogP contribution in [0.5, 0.6) is 5.75 Å². The minimum Gasteiger partial charge on any atom is -0.489 e. The summed E-state index contributed by atoms with van der Waals surface area (Å²) in [4.78, 5) is 13.8. The number of hydrogen-bond donors (Lipinski definition) is 1. The Morgan fingerprint density at radius 1 is 1.29 bits per heavy atom. The first kappa shape index (κ1) is 20.2. The standard InChI is InChI=1S/C16H23F3N2O3/c1-11(2)21(3)10-15(22)20-13-9-12(16(17,18)19)5-6-14(13)24-8-7-23-4/h5-6,9,11H,7-8,10H2,1-4H3,(H,20,22). The summed E-state index contributed by atoms with van der Waals surface area (Å²) in [5.41, 5.74) is -0.864. The summed E-state index contributed by atoms with van der Waals surface area (Å²) < 4.78 is 48.9. The Hall–Kier alpha value is -1.80. The summed E-state index contributed by atoms with van der Waals surface area (Å²) in [7, 11) is 3.24. The molecule has 0 unspecified atom stereocenters. The molecule has 0 spiro atoms. The Labute approximate surface area is 139 Å². The van der Waals surface area contributed by atoms with Crippen LogP contribution in [-0.2, 0) is 15.7 Å². The first-order valence-corrected chi connectivity index (χ1v) is 7.48. The quantitative estimate of drug-likeness (QED) is 0.734. The largest absolute Gasteiger partial charge is 0.489 e. The highest BCUT2D eigenvalue weighted by Crippen LogP contribution is 2.35. The van der Waals surface area contributed by atoms with Gasteiger partial charge in [0.25, 0.3) is 0 Å². The minimum absolute atomic E-state index is 0.0110. The number of amides is 1. The topological polar surface area (TPSA) is 50.8 Å². The van der Waals surface area contributed by atoms with Gasteiger partial charge in [-0.3, -0.25) is 9.69 Å². The van der Waals surface area contributed by atoms with Gasteiger partial charge in [0.15, 0.2) is 0 Å². The van der Waals surface area contributed by atoms with E-state index in [1.807, 2.05) is 13.8 Å². The fourth-order valence-electron chi connectivity index (χ4n) is 1.76. The molecule has 0 saturated heterocycles. The van der Waals surface area contributed by atoms with Gasteiger partial charge in [-0.1, -0.05) is 0 Å². The molecule has 1 N–H and O–H groups in total. The minimum atomic E-state index is -4.50. The van der Waals surface area contributed by atoms with Crippen LogP contribution in [0, 0.1) is 0 Å². The van der Waals surface area contributed by atoms with Crippen molar-refractivity contribution < 1.29 is 27.4 Å². The van der Waals surface area contributed by atoms with Crippen molar-refractivity contribution in [3.63, 3.8) is 0 Å². The zero-order chi connectivity index (χ0) is 18.3. The zero-order valence-electron chi connectivity index (χ0n) is 14.2. The molecule has 0 aliphatic heterocycles. The highest BCUT2D eigenvalue weighted by molar-refractivity contribution is 5.93. The van der Waals surface area contributed by atoms with Gasteiger partial charge in [0.2, 0.25) is 5.91 Å². The molecule has 0 aromatic heterocycles. The number of anilines is 1. The lowest BCUT2D eigenvalue weighted by Gasteiger charge is -2.21. The van der Waals surface area contributed by atoms with E-state index in [1.54, 1.807) is 11.9 Å². The molecule has 1 amide bonds. The normalized spacial score (nSPS) is 11.9. The molecule has 0 radical (unpaired) electrons. The molecule has 24 heavy (non-hydrogen) atoms. The summed E-state index contributed by atoms with van der Waals surface area (Å²) in [5, 5.41) is 2.49. The molecule has 0 atom stereocenters. The summed E-state index contributed by atoms with van der Waals surface area (Å²) in [6, 6.07) is 3.11. The Bertz CT molecular complexity index is 548. The number of alkyl halides is 3. The molecule has 0 bridgehead atoms. The van der Waals surface area contributed by atoms with E-state index in [1.165, 1.54) is 13.2 Å². The number of benzene rings is 1. The highest BCUT2D eigenvalue weighted by atomic mass is 19.4. The molecule has 8 heteroatoms. The number of carbonyl (C=O) groups excluding carboxylic acids is 1. The van der Waals surface area contributed by atoms with E-state index in [0.29, 0.717) is 0 Å². The Balaban J connectivity index is 2.95. The molecule has 0 heterocycles. The third-order valence-corrected chi connectivity index (χ3v) is 3.40. The molecular weight excluding hydrogens is 325 g/mol. The molecular formula is C16H23F3N2O3. The smallest absolute Gasteiger partial charge is 0.416 e. The fourth-order valence-corrected chi connectivity index (χ4v) is 1.76. The van der Waals surface area contributed by atoms with Gasteiger partial charge in [-0.2, -0.15) is 13.2 Å². The van der Waals surface area contributed by atoms with Crippen LogP contribution in [0.1, 0.15) is 19.4 Å². The summed E-state index contributed by atoms with van der Waals surface area (Å²) in [6.07, 6.45) is -4.50. The van der Waals surface area contributed by atoms with Gasteiger partial charge in [-0.15, -0.1) is 0 Å². The summed E-state index contributed by atoms with van der Waals surface area (Å²) in [6.45, 7) is 4.33. The number of nitrogens with zero attached hydrogens (tertiary/aromatic N) is 1. The van der Waals surface area contributed by atoms with Crippen LogP contribution in [0.2, 0.25) is 0 Å². The van der Waals surface area contributed by atoms with Crippen LogP contribution in [0.15, 0.2) is 18.2 Å². The van der Waals surface area contributed by atoms with Crippen molar-refractivity contribution >= 4 is 11.6 Å². The molecule has 136 valence electrons. The van der Waals surface area contributed by atoms with E-state index in [4.69, 9.17) is 9.47 Å². The van der Waals surface area contributed by atoms with Crippen molar-refractivity contribution in [2.75, 3.05) is 39.2 Å². The summed E-state index contributed by atoms with van der Waals surface area (Å²) in [5.74, 6) is -0.247. The third kappa shape index (κ3) is 6.37. The van der Waals surface area contributed by atoms with Gasteiger partial charge in [-0.05, 0) is 39.1 Å². The first-order chi connectivity index (χ1) is 11.1. The van der Waals surface area contributed by atoms with Crippen LogP contribution >= 0.6 is 0 Å². The van der Waals surface area contributed by atoms with Crippen LogP contribution < -0.4 is 10.1 Å². The average Bonchev–Trinajstić information content (AvgIpc) is 2.47. The molecule has 0 fully saturated rings. The van der Waals surface area contributed by atoms with Gasteiger partial charge in [0.1, 0.15) is 12.4 Å². The number of hydrogen-bond acceptors (Lipinski definition) is 4. The van der Waals surface area contributed by atoms with E-state index in [2.05, 4.69) is 5.32 Å². The van der Waals surface area contributed by atoms with E-state index in [9.17, 15) is 18.0 Å². The number of carbonyl (C=O) groups is 1. The molecule has 0 aliphatic carbocycles. The SMILES string of the molecule is COCCOc1ccc(C(F)(F)F)cc1NC(=O)CN(C)C(C)C. The Kier molecular flexibility index (Phi) is 7.50. The molecule has 0 aliphatic rings. The van der Waals surface area contributed by atoms with Gasteiger partial charge in [-0.25, -0.2) is 0 Å². The number of rotatable bonds is 8. The number of ether oxygens (including phenoxy) is 2. The monoisotopic (exact) mass is 348 g/mol. The lowest BCUT2D eigenvalue weighted by atomic mass is 10.1. The number of nitrogens with one attached hydrogen (secondary N) is 1. The molecule has 5 nitrogen and oxygen atoms in total. The van der Waals surface area contributed by atoms with Gasteiger partial charge in [0.05, 0.1) is 24.4 Å². The van der Waals surface area contributed by atoms with Crippen LogP contribution in [0.3, 0.4) is 0 Å². The Morgan fingerprint density at radius 2 is 1.96 bits per heavy atom. The van der Waals surface area contributed by atoms with Crippen molar-refractivity contribution in [3.05, 3.63) is 23.8 Å². The maximum absolute atomic E-state index is 12.9. The number of likely N-dealkylation sites (N-methyl/N-ethyl adjacent to an activating group) is 1. The second-order valence-electron chi connectivity index (χ2n) is 5.61. The fraction of sp³-hybridized carbons (Fsp3) is 0.562. The van der Waals surface area contributed by atoms with Crippen LogP contribution in [-0.4, -0.2) is 50.8 Å². The highest BCUT2D eigenvalue weighted by Gasteiger charge is 2.31. The van der Waals surface area contributed by atoms with Crippen molar-refractivity contribution in [2.45, 2.75) is 26.1 Å². The van der Waals surface area contributed by atoms with Gasteiger partial charge in [0, 0.05) is 13.2 Å². The second kappa shape index (κ2) is 8.89. The maximum atomic E-state index is 12.9. The predicted molar refractivity (Wildman–Crippen MR) is 85.2 cm³/mol. The Morgan fingerprint density at radius 3 is 2.50 bits per heavy atom. The summed E-state index contributed by atoms with van der Waals surface area (Å²) >= 11 is 0. The van der Waals surface area contributed by atoms with Crippen molar-refractivity contribution in [1.82, 2.24) is 4.90 Å². The van der Waals surface area contributed by atoms with Crippen molar-refractivity contribution in [1.29, 1.82) is 0 Å². The van der Waals surface area contributed by atoms with E-state index in [0.717, 1.165) is 12.1 Å². The van der Waals surface area contributed by atoms with Crippen LogP contribution in [0.4, 0.5) is 18.9 Å². The first-order valence-electron chi connectivity index (χ1n) is 7.48.